The number of amides is 1. The van der Waals surface area contributed by atoms with Gasteiger partial charge in [-0.3, -0.25) is 9.69 Å². The standard InChI is InChI=1S/C24H31N3O5S2.ClH/c1-6-26(7-2)14-15-27(23(28)17-10-9-11-18(16-17)34(29,30)8-3)24-25-21-19(31-4)12-13-20(32-5)22(21)33-24;/h9-13,16H,6-8,14-15H2,1-5H3;1H. The summed E-state index contributed by atoms with van der Waals surface area (Å²) < 4.78 is 36.5. The molecule has 1 amide bonds. The van der Waals surface area contributed by atoms with E-state index < -0.39 is 9.84 Å². The zero-order valence-corrected chi connectivity index (χ0v) is 23.1. The number of likely N-dealkylation sites (N-methyl/N-ethyl adjacent to an activating group) is 1. The first-order valence-electron chi connectivity index (χ1n) is 11.2. The molecule has 3 rings (SSSR count). The molecule has 0 unspecified atom stereocenters. The summed E-state index contributed by atoms with van der Waals surface area (Å²) in [5.74, 6) is 0.892. The van der Waals surface area contributed by atoms with Crippen LogP contribution in [0.4, 0.5) is 5.13 Å². The molecule has 0 atom stereocenters. The number of halogens is 1. The normalized spacial score (nSPS) is 11.4. The van der Waals surface area contributed by atoms with Crippen LogP contribution in [-0.4, -0.2) is 70.4 Å². The van der Waals surface area contributed by atoms with Crippen molar-refractivity contribution in [3.63, 3.8) is 0 Å². The Morgan fingerprint density at radius 2 is 1.66 bits per heavy atom. The molecule has 0 bridgehead atoms. The molecule has 192 valence electrons. The molecule has 3 aromatic rings. The number of ether oxygens (including phenoxy) is 2. The lowest BCUT2D eigenvalue weighted by Gasteiger charge is -2.25. The maximum absolute atomic E-state index is 13.7. The Kier molecular flexibility index (Phi) is 10.3. The van der Waals surface area contributed by atoms with Crippen LogP contribution in [0.5, 0.6) is 11.5 Å². The third kappa shape index (κ3) is 6.24. The van der Waals surface area contributed by atoms with E-state index in [0.717, 1.165) is 17.8 Å². The number of benzene rings is 2. The summed E-state index contributed by atoms with van der Waals surface area (Å²) >= 11 is 1.34. The molecule has 0 aliphatic carbocycles. The minimum Gasteiger partial charge on any atom is -0.495 e. The van der Waals surface area contributed by atoms with Crippen molar-refractivity contribution in [3.05, 3.63) is 42.0 Å². The number of nitrogens with zero attached hydrogens (tertiary/aromatic N) is 3. The van der Waals surface area contributed by atoms with E-state index in [-0.39, 0.29) is 29.0 Å². The van der Waals surface area contributed by atoms with Gasteiger partial charge in [0.15, 0.2) is 15.0 Å². The zero-order chi connectivity index (χ0) is 24.9. The molecule has 0 fully saturated rings. The van der Waals surface area contributed by atoms with E-state index in [4.69, 9.17) is 14.5 Å². The van der Waals surface area contributed by atoms with Gasteiger partial charge in [0.25, 0.3) is 5.91 Å². The second-order valence-corrected chi connectivity index (χ2v) is 10.8. The lowest BCUT2D eigenvalue weighted by molar-refractivity contribution is 0.0983. The summed E-state index contributed by atoms with van der Waals surface area (Å²) in [4.78, 5) is 22.4. The number of carbonyl (C=O) groups is 1. The molecule has 2 aromatic carbocycles. The van der Waals surface area contributed by atoms with E-state index >= 15 is 0 Å². The van der Waals surface area contributed by atoms with E-state index in [2.05, 4.69) is 18.7 Å². The van der Waals surface area contributed by atoms with Crippen molar-refractivity contribution in [3.8, 4) is 11.5 Å². The van der Waals surface area contributed by atoms with Crippen LogP contribution in [0.3, 0.4) is 0 Å². The van der Waals surface area contributed by atoms with Crippen molar-refractivity contribution in [2.45, 2.75) is 25.7 Å². The topological polar surface area (TPSA) is 89.0 Å². The maximum Gasteiger partial charge on any atom is 0.260 e. The van der Waals surface area contributed by atoms with Crippen molar-refractivity contribution in [2.24, 2.45) is 0 Å². The molecule has 0 saturated heterocycles. The summed E-state index contributed by atoms with van der Waals surface area (Å²) in [5.41, 5.74) is 0.914. The number of fused-ring (bicyclic) bond motifs is 1. The maximum atomic E-state index is 13.7. The first kappa shape index (κ1) is 28.8. The third-order valence-corrected chi connectivity index (χ3v) is 8.55. The number of aromatic nitrogens is 1. The van der Waals surface area contributed by atoms with Gasteiger partial charge in [-0.2, -0.15) is 0 Å². The van der Waals surface area contributed by atoms with Crippen molar-refractivity contribution in [2.75, 3.05) is 51.1 Å². The van der Waals surface area contributed by atoms with Crippen molar-refractivity contribution < 1.29 is 22.7 Å². The van der Waals surface area contributed by atoms with Crippen LogP contribution >= 0.6 is 23.7 Å². The highest BCUT2D eigenvalue weighted by molar-refractivity contribution is 7.91. The Labute approximate surface area is 217 Å². The van der Waals surface area contributed by atoms with Gasteiger partial charge in [0.05, 0.1) is 24.9 Å². The van der Waals surface area contributed by atoms with Crippen molar-refractivity contribution >= 4 is 54.8 Å². The van der Waals surface area contributed by atoms with Crippen LogP contribution in [0.1, 0.15) is 31.1 Å². The number of sulfone groups is 1. The Morgan fingerprint density at radius 3 is 2.26 bits per heavy atom. The molecule has 1 aromatic heterocycles. The number of methoxy groups -OCH3 is 2. The fourth-order valence-corrected chi connectivity index (χ4v) is 5.62. The Bertz CT molecular complexity index is 1220. The van der Waals surface area contributed by atoms with Crippen LogP contribution in [0.15, 0.2) is 41.3 Å². The van der Waals surface area contributed by atoms with Crippen molar-refractivity contribution in [1.29, 1.82) is 0 Å². The van der Waals surface area contributed by atoms with Crippen LogP contribution in [0.2, 0.25) is 0 Å². The molecule has 35 heavy (non-hydrogen) atoms. The largest absolute Gasteiger partial charge is 0.495 e. The fourth-order valence-electron chi connectivity index (χ4n) is 3.60. The molecule has 0 N–H and O–H groups in total. The van der Waals surface area contributed by atoms with E-state index in [0.29, 0.717) is 40.8 Å². The summed E-state index contributed by atoms with van der Waals surface area (Å²) in [6.07, 6.45) is 0. The van der Waals surface area contributed by atoms with E-state index in [1.807, 2.05) is 6.07 Å². The predicted molar refractivity (Wildman–Crippen MR) is 144 cm³/mol. The van der Waals surface area contributed by atoms with E-state index in [9.17, 15) is 13.2 Å². The minimum atomic E-state index is -3.44. The molecule has 0 saturated carbocycles. The minimum absolute atomic E-state index is 0. The van der Waals surface area contributed by atoms with Crippen molar-refractivity contribution in [1.82, 2.24) is 9.88 Å². The smallest absolute Gasteiger partial charge is 0.260 e. The van der Waals surface area contributed by atoms with Gasteiger partial charge in [0.2, 0.25) is 0 Å². The molecule has 0 radical (unpaired) electrons. The number of carbonyl (C=O) groups excluding carboxylic acids is 1. The average molecular weight is 542 g/mol. The van der Waals surface area contributed by atoms with Crippen LogP contribution in [0, 0.1) is 0 Å². The molecule has 11 heteroatoms. The summed E-state index contributed by atoms with van der Waals surface area (Å²) in [6, 6.07) is 9.79. The molecular formula is C24H32ClN3O5S2. The predicted octanol–water partition coefficient (Wildman–Crippen LogP) is 4.52. The van der Waals surface area contributed by atoms with Gasteiger partial charge >= 0.3 is 0 Å². The van der Waals surface area contributed by atoms with Gasteiger partial charge in [-0.1, -0.05) is 38.2 Å². The molecule has 0 aliphatic heterocycles. The molecule has 0 aliphatic rings. The van der Waals surface area contributed by atoms with Gasteiger partial charge in [0, 0.05) is 18.7 Å². The SMILES string of the molecule is CCN(CC)CCN(C(=O)c1cccc(S(=O)(=O)CC)c1)c1nc2c(OC)ccc(OC)c2s1.Cl. The number of hydrogen-bond donors (Lipinski definition) is 0. The Morgan fingerprint density at radius 1 is 1.00 bits per heavy atom. The van der Waals surface area contributed by atoms with Crippen LogP contribution in [-0.2, 0) is 9.84 Å². The molecule has 0 spiro atoms. The van der Waals surface area contributed by atoms with Crippen LogP contribution in [0.25, 0.3) is 10.2 Å². The van der Waals surface area contributed by atoms with Gasteiger partial charge in [-0.05, 0) is 43.4 Å². The fraction of sp³-hybridized carbons (Fsp3) is 0.417. The lowest BCUT2D eigenvalue weighted by atomic mass is 10.2. The highest BCUT2D eigenvalue weighted by Gasteiger charge is 2.25. The summed E-state index contributed by atoms with van der Waals surface area (Å²) in [6.45, 7) is 8.48. The zero-order valence-electron chi connectivity index (χ0n) is 20.6. The van der Waals surface area contributed by atoms with E-state index in [1.54, 1.807) is 44.2 Å². The van der Waals surface area contributed by atoms with Gasteiger partial charge < -0.3 is 14.4 Å². The van der Waals surface area contributed by atoms with Gasteiger partial charge in [-0.15, -0.1) is 12.4 Å². The number of hydrogen-bond acceptors (Lipinski definition) is 8. The highest BCUT2D eigenvalue weighted by Crippen LogP contribution is 2.40. The van der Waals surface area contributed by atoms with Gasteiger partial charge in [-0.25, -0.2) is 13.4 Å². The lowest BCUT2D eigenvalue weighted by Crippen LogP contribution is -2.39. The summed E-state index contributed by atoms with van der Waals surface area (Å²) in [7, 11) is -0.282. The first-order valence-corrected chi connectivity index (χ1v) is 13.6. The Balaban J connectivity index is 0.00000432. The number of rotatable bonds is 11. The first-order chi connectivity index (χ1) is 16.3. The molecule has 1 heterocycles. The molecule has 8 nitrogen and oxygen atoms in total. The van der Waals surface area contributed by atoms with Gasteiger partial charge in [0.1, 0.15) is 21.7 Å². The van der Waals surface area contributed by atoms with E-state index in [1.165, 1.54) is 23.5 Å². The Hall–Kier alpha value is -2.40. The number of anilines is 1. The second kappa shape index (κ2) is 12.5. The van der Waals surface area contributed by atoms with Crippen LogP contribution < -0.4 is 14.4 Å². The highest BCUT2D eigenvalue weighted by atomic mass is 35.5. The molecular weight excluding hydrogens is 510 g/mol. The third-order valence-electron chi connectivity index (χ3n) is 5.73. The number of thiazole rings is 1. The average Bonchev–Trinajstić information content (AvgIpc) is 3.31. The quantitative estimate of drug-likeness (QED) is 0.352. The second-order valence-electron chi connectivity index (χ2n) is 7.56. The monoisotopic (exact) mass is 541 g/mol. The summed E-state index contributed by atoms with van der Waals surface area (Å²) in [5, 5.41) is 0.499.